The molecular formula is C33H38N6O4. The van der Waals surface area contributed by atoms with Crippen LogP contribution in [-0.2, 0) is 10.3 Å². The van der Waals surface area contributed by atoms with Gasteiger partial charge in [-0.25, -0.2) is 9.78 Å². The molecule has 0 aliphatic carbocycles. The highest BCUT2D eigenvalue weighted by Gasteiger charge is 2.43. The normalized spacial score (nSPS) is 20.0. The number of benzene rings is 2. The Bertz CT molecular complexity index is 1630. The van der Waals surface area contributed by atoms with Crippen LogP contribution in [0, 0.1) is 0 Å². The molecule has 2 aromatic carbocycles. The number of carbonyl (C=O) groups is 1. The summed E-state index contributed by atoms with van der Waals surface area (Å²) in [4.78, 5) is 38.6. The minimum absolute atomic E-state index is 0.0121. The van der Waals surface area contributed by atoms with Crippen LogP contribution in [0.25, 0.3) is 11.0 Å². The lowest BCUT2D eigenvalue weighted by atomic mass is 9.85. The second-order valence-corrected chi connectivity index (χ2v) is 11.6. The average molecular weight is 583 g/mol. The maximum Gasteiger partial charge on any atom is 0.415 e. The van der Waals surface area contributed by atoms with Crippen LogP contribution in [0.5, 0.6) is 5.75 Å². The van der Waals surface area contributed by atoms with Crippen molar-refractivity contribution in [1.29, 1.82) is 0 Å². The molecule has 2 aliphatic heterocycles. The third kappa shape index (κ3) is 5.85. The van der Waals surface area contributed by atoms with Crippen LogP contribution >= 0.6 is 0 Å². The number of ether oxygens (including phenoxy) is 2. The third-order valence-electron chi connectivity index (χ3n) is 8.57. The van der Waals surface area contributed by atoms with Crippen LogP contribution in [0.1, 0.15) is 50.4 Å². The first kappa shape index (κ1) is 28.8. The van der Waals surface area contributed by atoms with Gasteiger partial charge in [-0.1, -0.05) is 42.5 Å². The maximum absolute atomic E-state index is 12.7. The number of para-hydroxylation sites is 1. The molecule has 224 valence electrons. The van der Waals surface area contributed by atoms with E-state index in [4.69, 9.17) is 14.5 Å². The van der Waals surface area contributed by atoms with E-state index < -0.39 is 0 Å². The Morgan fingerprint density at radius 2 is 1.72 bits per heavy atom. The highest BCUT2D eigenvalue weighted by Crippen LogP contribution is 2.38. The van der Waals surface area contributed by atoms with Gasteiger partial charge in [0.05, 0.1) is 18.2 Å². The first-order valence-corrected chi connectivity index (χ1v) is 14.9. The fourth-order valence-electron chi connectivity index (χ4n) is 6.15. The molecule has 2 aromatic heterocycles. The summed E-state index contributed by atoms with van der Waals surface area (Å²) in [6, 6.07) is 21.1. The van der Waals surface area contributed by atoms with Gasteiger partial charge in [-0.05, 0) is 56.5 Å². The second kappa shape index (κ2) is 12.1. The van der Waals surface area contributed by atoms with E-state index in [0.29, 0.717) is 43.6 Å². The van der Waals surface area contributed by atoms with E-state index >= 15 is 0 Å². The molecule has 1 unspecified atom stereocenters. The molecule has 0 radical (unpaired) electrons. The SMILES string of the molecule is CC(C)n1c(=O)ccc2cnc(N[C@@H](C)c3ccc(C4(N5CCN(C(=O)Oc6ccccc6)CC5)CCOC4)cc3)nc21. The first-order valence-electron chi connectivity index (χ1n) is 14.9. The molecule has 4 heterocycles. The average Bonchev–Trinajstić information content (AvgIpc) is 3.53. The summed E-state index contributed by atoms with van der Waals surface area (Å²) in [7, 11) is 0. The van der Waals surface area contributed by atoms with Crippen molar-refractivity contribution in [2.45, 2.75) is 44.8 Å². The fraction of sp³-hybridized carbons (Fsp3) is 0.394. The van der Waals surface area contributed by atoms with Crippen molar-refractivity contribution in [1.82, 2.24) is 24.3 Å². The molecule has 0 bridgehead atoms. The van der Waals surface area contributed by atoms with Crippen LogP contribution in [0.15, 0.2) is 77.7 Å². The molecule has 2 saturated heterocycles. The van der Waals surface area contributed by atoms with Gasteiger partial charge in [0, 0.05) is 56.5 Å². The Morgan fingerprint density at radius 3 is 2.40 bits per heavy atom. The molecular weight excluding hydrogens is 544 g/mol. The van der Waals surface area contributed by atoms with Gasteiger partial charge >= 0.3 is 6.09 Å². The van der Waals surface area contributed by atoms with Crippen molar-refractivity contribution in [3.05, 3.63) is 94.4 Å². The van der Waals surface area contributed by atoms with Gasteiger partial charge in [-0.3, -0.25) is 14.3 Å². The zero-order valence-electron chi connectivity index (χ0n) is 24.9. The van der Waals surface area contributed by atoms with Gasteiger partial charge in [0.1, 0.15) is 11.4 Å². The lowest BCUT2D eigenvalue weighted by molar-refractivity contribution is 0.0235. The summed E-state index contributed by atoms with van der Waals surface area (Å²) in [5, 5.41) is 4.24. The molecule has 4 aromatic rings. The number of carbonyl (C=O) groups excluding carboxylic acids is 1. The van der Waals surface area contributed by atoms with Crippen LogP contribution in [0.2, 0.25) is 0 Å². The van der Waals surface area contributed by atoms with Gasteiger partial charge in [-0.2, -0.15) is 4.98 Å². The molecule has 10 heteroatoms. The number of hydrogen-bond donors (Lipinski definition) is 1. The summed E-state index contributed by atoms with van der Waals surface area (Å²) in [5.41, 5.74) is 2.63. The molecule has 1 N–H and O–H groups in total. The number of hydrogen-bond acceptors (Lipinski definition) is 8. The van der Waals surface area contributed by atoms with E-state index in [-0.39, 0.29) is 29.3 Å². The van der Waals surface area contributed by atoms with Crippen molar-refractivity contribution < 1.29 is 14.3 Å². The van der Waals surface area contributed by atoms with Gasteiger partial charge in [0.2, 0.25) is 5.95 Å². The Labute approximate surface area is 251 Å². The summed E-state index contributed by atoms with van der Waals surface area (Å²) in [6.07, 6.45) is 2.34. The van der Waals surface area contributed by atoms with Crippen LogP contribution in [0.3, 0.4) is 0 Å². The number of amides is 1. The van der Waals surface area contributed by atoms with Gasteiger partial charge in [0.15, 0.2) is 0 Å². The largest absolute Gasteiger partial charge is 0.415 e. The predicted molar refractivity (Wildman–Crippen MR) is 165 cm³/mol. The van der Waals surface area contributed by atoms with Crippen LogP contribution < -0.4 is 15.6 Å². The number of piperazine rings is 1. The lowest BCUT2D eigenvalue weighted by Crippen LogP contribution is -2.57. The van der Waals surface area contributed by atoms with Gasteiger partial charge in [0.25, 0.3) is 5.56 Å². The monoisotopic (exact) mass is 582 g/mol. The van der Waals surface area contributed by atoms with E-state index in [9.17, 15) is 9.59 Å². The lowest BCUT2D eigenvalue weighted by Gasteiger charge is -2.45. The summed E-state index contributed by atoms with van der Waals surface area (Å²) < 4.78 is 13.2. The van der Waals surface area contributed by atoms with Gasteiger partial charge < -0.3 is 19.7 Å². The molecule has 2 fully saturated rings. The Kier molecular flexibility index (Phi) is 8.14. The zero-order chi connectivity index (χ0) is 30.0. The molecule has 6 rings (SSSR count). The van der Waals surface area contributed by atoms with Crippen LogP contribution in [-0.4, -0.2) is 69.8 Å². The van der Waals surface area contributed by atoms with E-state index in [1.807, 2.05) is 32.0 Å². The maximum atomic E-state index is 12.7. The standard InChI is InChI=1S/C33H38N6O4/c1-23(2)39-29(40)14-11-26-21-34-31(36-30(26)39)35-24(3)25-9-12-27(13-10-25)33(15-20-42-22-33)38-18-16-37(17-19-38)32(41)43-28-7-5-4-6-8-28/h4-14,21,23-24H,15-20,22H2,1-3H3,(H,34,35,36)/t24-,33?/m0/s1. The van der Waals surface area contributed by atoms with E-state index in [0.717, 1.165) is 30.5 Å². The molecule has 0 saturated carbocycles. The quantitative estimate of drug-likeness (QED) is 0.326. The van der Waals surface area contributed by atoms with Crippen molar-refractivity contribution in [2.75, 3.05) is 44.7 Å². The number of rotatable bonds is 7. The molecule has 2 atom stereocenters. The first-order chi connectivity index (χ1) is 20.8. The highest BCUT2D eigenvalue weighted by atomic mass is 16.6. The number of fused-ring (bicyclic) bond motifs is 1. The number of anilines is 1. The Hall–Kier alpha value is -4.28. The van der Waals surface area contributed by atoms with Crippen molar-refractivity contribution in [2.24, 2.45) is 0 Å². The zero-order valence-corrected chi connectivity index (χ0v) is 24.9. The Balaban J connectivity index is 1.14. The van der Waals surface area contributed by atoms with E-state index in [1.54, 1.807) is 39.9 Å². The highest BCUT2D eigenvalue weighted by molar-refractivity contribution is 5.75. The molecule has 2 aliphatic rings. The predicted octanol–water partition coefficient (Wildman–Crippen LogP) is 4.98. The van der Waals surface area contributed by atoms with Crippen molar-refractivity contribution >= 4 is 23.1 Å². The Morgan fingerprint density at radius 1 is 0.977 bits per heavy atom. The summed E-state index contributed by atoms with van der Waals surface area (Å²) >= 11 is 0. The smallest absolute Gasteiger partial charge is 0.410 e. The third-order valence-corrected chi connectivity index (χ3v) is 8.57. The molecule has 1 amide bonds. The van der Waals surface area contributed by atoms with E-state index in [2.05, 4.69) is 46.4 Å². The topological polar surface area (TPSA) is 102 Å². The minimum Gasteiger partial charge on any atom is -0.410 e. The van der Waals surface area contributed by atoms with Crippen LogP contribution in [0.4, 0.5) is 10.7 Å². The minimum atomic E-state index is -0.309. The number of aromatic nitrogens is 3. The number of pyridine rings is 1. The molecule has 43 heavy (non-hydrogen) atoms. The molecule has 10 nitrogen and oxygen atoms in total. The van der Waals surface area contributed by atoms with E-state index in [1.165, 1.54) is 5.56 Å². The molecule has 0 spiro atoms. The number of nitrogens with zero attached hydrogens (tertiary/aromatic N) is 5. The summed E-state index contributed by atoms with van der Waals surface area (Å²) in [6.45, 7) is 10.0. The van der Waals surface area contributed by atoms with Gasteiger partial charge in [-0.15, -0.1) is 0 Å². The van der Waals surface area contributed by atoms with Crippen molar-refractivity contribution in [3.8, 4) is 5.75 Å². The van der Waals surface area contributed by atoms with Crippen molar-refractivity contribution in [3.63, 3.8) is 0 Å². The fourth-order valence-corrected chi connectivity index (χ4v) is 6.15. The summed E-state index contributed by atoms with van der Waals surface area (Å²) in [5.74, 6) is 1.04. The number of nitrogens with one attached hydrogen (secondary N) is 1. The second-order valence-electron chi connectivity index (χ2n) is 11.6.